The van der Waals surface area contributed by atoms with Gasteiger partial charge in [0, 0.05) is 25.3 Å². The first-order valence-corrected chi connectivity index (χ1v) is 8.75. The van der Waals surface area contributed by atoms with Gasteiger partial charge in [0.15, 0.2) is 0 Å². The van der Waals surface area contributed by atoms with E-state index in [0.717, 1.165) is 5.56 Å². The lowest BCUT2D eigenvalue weighted by molar-refractivity contribution is -0.116. The third kappa shape index (κ3) is 3.86. The van der Waals surface area contributed by atoms with Crippen LogP contribution >= 0.6 is 0 Å². The summed E-state index contributed by atoms with van der Waals surface area (Å²) in [6, 6.07) is 11.3. The maximum Gasteiger partial charge on any atom is 0.261 e. The monoisotopic (exact) mass is 348 g/mol. The first kappa shape index (κ1) is 17.8. The standard InChI is InChI=1S/C17H20N2O4S/c1-12-11-16(9-10-17(12)23-4)24(21,22)18-14-5-7-15(8-6-14)19(3)13(2)20/h5-11,18H,1-4H3. The van der Waals surface area contributed by atoms with Gasteiger partial charge in [-0.25, -0.2) is 8.42 Å². The molecule has 0 atom stereocenters. The minimum Gasteiger partial charge on any atom is -0.496 e. The molecule has 1 amide bonds. The van der Waals surface area contributed by atoms with Gasteiger partial charge in [-0.1, -0.05) is 0 Å². The van der Waals surface area contributed by atoms with Crippen molar-refractivity contribution in [3.8, 4) is 5.75 Å². The molecule has 0 aliphatic carbocycles. The van der Waals surface area contributed by atoms with Crippen LogP contribution in [0.5, 0.6) is 5.75 Å². The van der Waals surface area contributed by atoms with E-state index in [1.54, 1.807) is 50.4 Å². The molecule has 0 aliphatic rings. The number of carbonyl (C=O) groups excluding carboxylic acids is 1. The smallest absolute Gasteiger partial charge is 0.261 e. The zero-order valence-corrected chi connectivity index (χ0v) is 14.8. The Morgan fingerprint density at radius 2 is 1.75 bits per heavy atom. The Morgan fingerprint density at radius 3 is 2.25 bits per heavy atom. The Labute approximate surface area is 142 Å². The molecule has 24 heavy (non-hydrogen) atoms. The zero-order valence-electron chi connectivity index (χ0n) is 14.0. The van der Waals surface area contributed by atoms with Gasteiger partial charge in [0.1, 0.15) is 5.75 Å². The SMILES string of the molecule is COc1ccc(S(=O)(=O)Nc2ccc(N(C)C(C)=O)cc2)cc1C. The number of hydrogen-bond donors (Lipinski definition) is 1. The van der Waals surface area contributed by atoms with Crippen molar-refractivity contribution >= 4 is 27.3 Å². The summed E-state index contributed by atoms with van der Waals surface area (Å²) >= 11 is 0. The van der Waals surface area contributed by atoms with E-state index in [1.807, 2.05) is 0 Å². The van der Waals surface area contributed by atoms with Crippen molar-refractivity contribution in [3.05, 3.63) is 48.0 Å². The number of hydrogen-bond acceptors (Lipinski definition) is 4. The van der Waals surface area contributed by atoms with Crippen LogP contribution in [-0.2, 0) is 14.8 Å². The van der Waals surface area contributed by atoms with Crippen molar-refractivity contribution in [1.29, 1.82) is 0 Å². The molecule has 0 aromatic heterocycles. The van der Waals surface area contributed by atoms with Crippen LogP contribution in [0.1, 0.15) is 12.5 Å². The highest BCUT2D eigenvalue weighted by molar-refractivity contribution is 7.92. The number of benzene rings is 2. The molecule has 2 aromatic rings. The summed E-state index contributed by atoms with van der Waals surface area (Å²) in [7, 11) is -0.506. The summed E-state index contributed by atoms with van der Waals surface area (Å²) < 4.78 is 32.6. The van der Waals surface area contributed by atoms with E-state index in [9.17, 15) is 13.2 Å². The number of ether oxygens (including phenoxy) is 1. The van der Waals surface area contributed by atoms with E-state index in [1.165, 1.54) is 25.0 Å². The molecule has 2 rings (SSSR count). The molecule has 0 heterocycles. The van der Waals surface area contributed by atoms with Crippen LogP contribution < -0.4 is 14.4 Å². The average molecular weight is 348 g/mol. The Kier molecular flexibility index (Phi) is 5.14. The second-order valence-electron chi connectivity index (χ2n) is 5.36. The lowest BCUT2D eigenvalue weighted by Crippen LogP contribution is -2.22. The number of rotatable bonds is 5. The summed E-state index contributed by atoms with van der Waals surface area (Å²) in [4.78, 5) is 13.0. The Balaban J connectivity index is 2.23. The minimum absolute atomic E-state index is 0.1000. The van der Waals surface area contributed by atoms with Gasteiger partial charge in [-0.05, 0) is 55.0 Å². The molecule has 6 nitrogen and oxygen atoms in total. The van der Waals surface area contributed by atoms with Crippen molar-refractivity contribution < 1.29 is 17.9 Å². The largest absolute Gasteiger partial charge is 0.496 e. The van der Waals surface area contributed by atoms with Gasteiger partial charge in [0.2, 0.25) is 5.91 Å². The number of amides is 1. The van der Waals surface area contributed by atoms with Gasteiger partial charge in [0.25, 0.3) is 10.0 Å². The second-order valence-corrected chi connectivity index (χ2v) is 7.04. The molecule has 7 heteroatoms. The van der Waals surface area contributed by atoms with Crippen molar-refractivity contribution in [2.24, 2.45) is 0 Å². The molecule has 0 fully saturated rings. The van der Waals surface area contributed by atoms with Gasteiger partial charge >= 0.3 is 0 Å². The van der Waals surface area contributed by atoms with Crippen molar-refractivity contribution in [3.63, 3.8) is 0 Å². The fraction of sp³-hybridized carbons (Fsp3) is 0.235. The first-order valence-electron chi connectivity index (χ1n) is 7.26. The number of carbonyl (C=O) groups is 1. The zero-order chi connectivity index (χ0) is 17.9. The fourth-order valence-electron chi connectivity index (χ4n) is 2.17. The molecule has 1 N–H and O–H groups in total. The van der Waals surface area contributed by atoms with Crippen LogP contribution in [0.15, 0.2) is 47.4 Å². The van der Waals surface area contributed by atoms with Crippen LogP contribution in [-0.4, -0.2) is 28.5 Å². The topological polar surface area (TPSA) is 75.7 Å². The molecule has 0 aliphatic heterocycles. The summed E-state index contributed by atoms with van der Waals surface area (Å²) in [6.45, 7) is 3.24. The summed E-state index contributed by atoms with van der Waals surface area (Å²) in [5, 5.41) is 0. The molecule has 0 unspecified atom stereocenters. The molecule has 0 spiro atoms. The van der Waals surface area contributed by atoms with Gasteiger partial charge in [-0.15, -0.1) is 0 Å². The van der Waals surface area contributed by atoms with Crippen LogP contribution in [0, 0.1) is 6.92 Å². The van der Waals surface area contributed by atoms with Crippen molar-refractivity contribution in [2.45, 2.75) is 18.7 Å². The van der Waals surface area contributed by atoms with Crippen LogP contribution in [0.2, 0.25) is 0 Å². The highest BCUT2D eigenvalue weighted by Gasteiger charge is 2.16. The Morgan fingerprint density at radius 1 is 1.12 bits per heavy atom. The highest BCUT2D eigenvalue weighted by Crippen LogP contribution is 2.24. The molecular formula is C17H20N2O4S. The van der Waals surface area contributed by atoms with E-state index < -0.39 is 10.0 Å². The fourth-order valence-corrected chi connectivity index (χ4v) is 3.31. The molecule has 0 bridgehead atoms. The second kappa shape index (κ2) is 6.92. The van der Waals surface area contributed by atoms with Crippen LogP contribution in [0.4, 0.5) is 11.4 Å². The molecule has 128 valence electrons. The normalized spacial score (nSPS) is 11.0. The van der Waals surface area contributed by atoms with Crippen LogP contribution in [0.3, 0.4) is 0 Å². The number of anilines is 2. The Hall–Kier alpha value is -2.54. The van der Waals surface area contributed by atoms with Gasteiger partial charge in [0.05, 0.1) is 12.0 Å². The number of nitrogens with one attached hydrogen (secondary N) is 1. The molecule has 0 radical (unpaired) electrons. The average Bonchev–Trinajstić information content (AvgIpc) is 2.54. The minimum atomic E-state index is -3.70. The van der Waals surface area contributed by atoms with E-state index in [2.05, 4.69) is 4.72 Å². The van der Waals surface area contributed by atoms with Crippen LogP contribution in [0.25, 0.3) is 0 Å². The molecule has 0 saturated carbocycles. The van der Waals surface area contributed by atoms with Crippen molar-refractivity contribution in [1.82, 2.24) is 0 Å². The lowest BCUT2D eigenvalue weighted by Gasteiger charge is -2.16. The van der Waals surface area contributed by atoms with E-state index in [4.69, 9.17) is 4.74 Å². The molecule has 0 saturated heterocycles. The molecular weight excluding hydrogens is 328 g/mol. The number of sulfonamides is 1. The summed E-state index contributed by atoms with van der Waals surface area (Å²) in [5.41, 5.74) is 1.84. The Bertz CT molecular complexity index is 845. The highest BCUT2D eigenvalue weighted by atomic mass is 32.2. The quantitative estimate of drug-likeness (QED) is 0.901. The van der Waals surface area contributed by atoms with Gasteiger partial charge in [-0.3, -0.25) is 9.52 Å². The number of methoxy groups -OCH3 is 1. The third-order valence-electron chi connectivity index (χ3n) is 3.66. The maximum absolute atomic E-state index is 12.5. The van der Waals surface area contributed by atoms with Crippen molar-refractivity contribution in [2.75, 3.05) is 23.8 Å². The molecule has 2 aromatic carbocycles. The predicted molar refractivity (Wildman–Crippen MR) is 94.1 cm³/mol. The number of aryl methyl sites for hydroxylation is 1. The van der Waals surface area contributed by atoms with E-state index in [0.29, 0.717) is 17.1 Å². The number of nitrogens with zero attached hydrogens (tertiary/aromatic N) is 1. The summed E-state index contributed by atoms with van der Waals surface area (Å²) in [5.74, 6) is 0.530. The maximum atomic E-state index is 12.5. The van der Waals surface area contributed by atoms with Gasteiger partial charge in [-0.2, -0.15) is 0 Å². The lowest BCUT2D eigenvalue weighted by atomic mass is 10.2. The van der Waals surface area contributed by atoms with E-state index >= 15 is 0 Å². The van der Waals surface area contributed by atoms with E-state index in [-0.39, 0.29) is 10.8 Å². The predicted octanol–water partition coefficient (Wildman–Crippen LogP) is 2.79. The summed E-state index contributed by atoms with van der Waals surface area (Å²) in [6.07, 6.45) is 0. The third-order valence-corrected chi connectivity index (χ3v) is 5.03. The first-order chi connectivity index (χ1) is 11.2. The van der Waals surface area contributed by atoms with Gasteiger partial charge < -0.3 is 9.64 Å².